The van der Waals surface area contributed by atoms with Crippen molar-refractivity contribution in [3.8, 4) is 0 Å². The Labute approximate surface area is 93.9 Å². The van der Waals surface area contributed by atoms with Crippen LogP contribution >= 0.6 is 0 Å². The van der Waals surface area contributed by atoms with E-state index in [1.54, 1.807) is 0 Å². The number of carboxylic acids is 1. The van der Waals surface area contributed by atoms with E-state index >= 15 is 0 Å². The monoisotopic (exact) mass is 224 g/mol. The molecule has 88 valence electrons. The average molecular weight is 224 g/mol. The number of hydrogen-bond donors (Lipinski definition) is 3. The number of aromatic nitrogens is 1. The van der Waals surface area contributed by atoms with Crippen LogP contribution in [0.15, 0.2) is 18.5 Å². The van der Waals surface area contributed by atoms with E-state index in [0.29, 0.717) is 6.54 Å². The van der Waals surface area contributed by atoms with Crippen LogP contribution in [0.4, 0.5) is 0 Å². The van der Waals surface area contributed by atoms with E-state index < -0.39 is 11.9 Å². The van der Waals surface area contributed by atoms with Crippen LogP contribution in [0.1, 0.15) is 18.9 Å². The van der Waals surface area contributed by atoms with Crippen molar-refractivity contribution < 1.29 is 14.7 Å². The standard InChI is InChI=1S/C11H16N2O3/c1-8(11(15)16)6-10(14)13-5-3-9-2-4-12-7-9/h2,4,7-8,12H,3,5-6H2,1H3,(H,13,14)(H,15,16). The second kappa shape index (κ2) is 5.95. The summed E-state index contributed by atoms with van der Waals surface area (Å²) in [7, 11) is 0. The third-order valence-corrected chi connectivity index (χ3v) is 2.31. The van der Waals surface area contributed by atoms with Gasteiger partial charge in [0, 0.05) is 25.4 Å². The molecule has 16 heavy (non-hydrogen) atoms. The van der Waals surface area contributed by atoms with Crippen molar-refractivity contribution >= 4 is 11.9 Å². The molecule has 1 rings (SSSR count). The summed E-state index contributed by atoms with van der Waals surface area (Å²) in [5.74, 6) is -1.79. The average Bonchev–Trinajstić information content (AvgIpc) is 2.70. The summed E-state index contributed by atoms with van der Waals surface area (Å²) in [6, 6.07) is 1.94. The summed E-state index contributed by atoms with van der Waals surface area (Å²) in [5.41, 5.74) is 1.12. The highest BCUT2D eigenvalue weighted by molar-refractivity contribution is 5.81. The van der Waals surface area contributed by atoms with Crippen molar-refractivity contribution in [2.24, 2.45) is 5.92 Å². The van der Waals surface area contributed by atoms with Gasteiger partial charge in [-0.3, -0.25) is 9.59 Å². The molecule has 3 N–H and O–H groups in total. The largest absolute Gasteiger partial charge is 0.481 e. The minimum atomic E-state index is -0.944. The van der Waals surface area contributed by atoms with Gasteiger partial charge in [0.1, 0.15) is 0 Å². The summed E-state index contributed by atoms with van der Waals surface area (Å²) >= 11 is 0. The zero-order valence-corrected chi connectivity index (χ0v) is 9.19. The quantitative estimate of drug-likeness (QED) is 0.668. The number of carboxylic acid groups (broad SMARTS) is 1. The summed E-state index contributed by atoms with van der Waals surface area (Å²) in [6.45, 7) is 2.05. The normalized spacial score (nSPS) is 12.1. The van der Waals surface area contributed by atoms with E-state index in [9.17, 15) is 9.59 Å². The summed E-state index contributed by atoms with van der Waals surface area (Å²) in [5, 5.41) is 11.3. The maximum absolute atomic E-state index is 11.3. The molecule has 1 aromatic heterocycles. The first-order valence-corrected chi connectivity index (χ1v) is 5.20. The minimum Gasteiger partial charge on any atom is -0.481 e. The molecular weight excluding hydrogens is 208 g/mol. The first kappa shape index (κ1) is 12.3. The van der Waals surface area contributed by atoms with Gasteiger partial charge < -0.3 is 15.4 Å². The number of amides is 1. The molecule has 0 spiro atoms. The molecule has 0 aliphatic carbocycles. The van der Waals surface area contributed by atoms with Crippen LogP contribution in [0.25, 0.3) is 0 Å². The lowest BCUT2D eigenvalue weighted by atomic mass is 10.1. The molecule has 5 heteroatoms. The molecule has 1 atom stereocenters. The molecule has 0 aromatic carbocycles. The van der Waals surface area contributed by atoms with Crippen molar-refractivity contribution in [3.05, 3.63) is 24.0 Å². The van der Waals surface area contributed by atoms with Crippen molar-refractivity contribution in [1.29, 1.82) is 0 Å². The third kappa shape index (κ3) is 4.16. The minimum absolute atomic E-state index is 0.0302. The van der Waals surface area contributed by atoms with Crippen LogP contribution in [-0.4, -0.2) is 28.5 Å². The number of rotatable bonds is 6. The van der Waals surface area contributed by atoms with Gasteiger partial charge in [-0.15, -0.1) is 0 Å². The van der Waals surface area contributed by atoms with Crippen LogP contribution in [0.2, 0.25) is 0 Å². The van der Waals surface area contributed by atoms with E-state index in [4.69, 9.17) is 5.11 Å². The number of hydrogen-bond acceptors (Lipinski definition) is 2. The van der Waals surface area contributed by atoms with Gasteiger partial charge >= 0.3 is 5.97 Å². The van der Waals surface area contributed by atoms with E-state index in [0.717, 1.165) is 12.0 Å². The molecule has 5 nitrogen and oxygen atoms in total. The first-order valence-electron chi connectivity index (χ1n) is 5.20. The van der Waals surface area contributed by atoms with Crippen molar-refractivity contribution in [2.45, 2.75) is 19.8 Å². The molecule has 1 unspecified atom stereocenters. The lowest BCUT2D eigenvalue weighted by Crippen LogP contribution is -2.28. The molecule has 0 bridgehead atoms. The first-order chi connectivity index (χ1) is 7.59. The SMILES string of the molecule is CC(CC(=O)NCCc1cc[nH]c1)C(=O)O. The van der Waals surface area contributed by atoms with Gasteiger partial charge in [0.25, 0.3) is 0 Å². The topological polar surface area (TPSA) is 82.2 Å². The summed E-state index contributed by atoms with van der Waals surface area (Å²) < 4.78 is 0. The third-order valence-electron chi connectivity index (χ3n) is 2.31. The van der Waals surface area contributed by atoms with Gasteiger partial charge in [-0.2, -0.15) is 0 Å². The molecule has 1 amide bonds. The maximum Gasteiger partial charge on any atom is 0.306 e. The van der Waals surface area contributed by atoms with Crippen LogP contribution in [0, 0.1) is 5.92 Å². The zero-order valence-electron chi connectivity index (χ0n) is 9.19. The zero-order chi connectivity index (χ0) is 12.0. The van der Waals surface area contributed by atoms with Crippen LogP contribution in [0.5, 0.6) is 0 Å². The smallest absolute Gasteiger partial charge is 0.306 e. The van der Waals surface area contributed by atoms with E-state index in [1.165, 1.54) is 6.92 Å². The number of carbonyl (C=O) groups is 2. The Bertz CT molecular complexity index is 346. The number of aromatic amines is 1. The fourth-order valence-corrected chi connectivity index (χ4v) is 1.30. The van der Waals surface area contributed by atoms with Crippen LogP contribution in [0.3, 0.4) is 0 Å². The second-order valence-corrected chi connectivity index (χ2v) is 3.76. The van der Waals surface area contributed by atoms with Crippen molar-refractivity contribution in [3.63, 3.8) is 0 Å². The fourth-order valence-electron chi connectivity index (χ4n) is 1.30. The van der Waals surface area contributed by atoms with Crippen LogP contribution < -0.4 is 5.32 Å². The van der Waals surface area contributed by atoms with Gasteiger partial charge in [0.2, 0.25) is 5.91 Å². The highest BCUT2D eigenvalue weighted by Crippen LogP contribution is 2.01. The molecule has 0 radical (unpaired) electrons. The van der Waals surface area contributed by atoms with Crippen molar-refractivity contribution in [1.82, 2.24) is 10.3 Å². The summed E-state index contributed by atoms with van der Waals surface area (Å²) in [6.07, 6.45) is 4.47. The lowest BCUT2D eigenvalue weighted by molar-refractivity contribution is -0.143. The number of nitrogens with one attached hydrogen (secondary N) is 2. The molecule has 1 aromatic rings. The molecule has 0 fully saturated rings. The maximum atomic E-state index is 11.3. The Kier molecular flexibility index (Phi) is 4.57. The number of aliphatic carboxylic acids is 1. The van der Waals surface area contributed by atoms with Crippen LogP contribution in [-0.2, 0) is 16.0 Å². The fraction of sp³-hybridized carbons (Fsp3) is 0.455. The van der Waals surface area contributed by atoms with Gasteiger partial charge in [0.05, 0.1) is 5.92 Å². The second-order valence-electron chi connectivity index (χ2n) is 3.76. The van der Waals surface area contributed by atoms with E-state index in [1.807, 2.05) is 18.5 Å². The van der Waals surface area contributed by atoms with Gasteiger partial charge in [-0.25, -0.2) is 0 Å². The Morgan fingerprint density at radius 3 is 2.88 bits per heavy atom. The predicted molar refractivity (Wildman–Crippen MR) is 58.9 cm³/mol. The van der Waals surface area contributed by atoms with E-state index in [2.05, 4.69) is 10.3 Å². The molecule has 0 aliphatic heterocycles. The number of carbonyl (C=O) groups excluding carboxylic acids is 1. The Balaban J connectivity index is 2.18. The Morgan fingerprint density at radius 2 is 2.31 bits per heavy atom. The van der Waals surface area contributed by atoms with E-state index in [-0.39, 0.29) is 12.3 Å². The molecule has 1 heterocycles. The van der Waals surface area contributed by atoms with Gasteiger partial charge in [0.15, 0.2) is 0 Å². The highest BCUT2D eigenvalue weighted by atomic mass is 16.4. The molecule has 0 aliphatic rings. The Morgan fingerprint density at radius 1 is 1.56 bits per heavy atom. The number of H-pyrrole nitrogens is 1. The van der Waals surface area contributed by atoms with Crippen molar-refractivity contribution in [2.75, 3.05) is 6.54 Å². The van der Waals surface area contributed by atoms with Gasteiger partial charge in [-0.05, 0) is 18.1 Å². The van der Waals surface area contributed by atoms with Gasteiger partial charge in [-0.1, -0.05) is 6.92 Å². The molecule has 0 saturated heterocycles. The summed E-state index contributed by atoms with van der Waals surface area (Å²) in [4.78, 5) is 24.7. The lowest BCUT2D eigenvalue weighted by Gasteiger charge is -2.06. The molecule has 0 saturated carbocycles. The molecular formula is C11H16N2O3. The highest BCUT2D eigenvalue weighted by Gasteiger charge is 2.14. The predicted octanol–water partition coefficient (Wildman–Crippen LogP) is 0.784. The Hall–Kier alpha value is -1.78.